The molecule has 1 amide bonds. The lowest BCUT2D eigenvalue weighted by Gasteiger charge is -2.21. The lowest BCUT2D eigenvalue weighted by atomic mass is 9.85. The molecule has 0 fully saturated rings. The molecule has 0 atom stereocenters. The number of rotatable bonds is 6. The van der Waals surface area contributed by atoms with Crippen LogP contribution in [0.3, 0.4) is 0 Å². The van der Waals surface area contributed by atoms with E-state index in [1.165, 1.54) is 15.6 Å². The molecule has 2 rings (SSSR count). The van der Waals surface area contributed by atoms with E-state index >= 15 is 0 Å². The molecule has 0 bridgehead atoms. The third-order valence-corrected chi connectivity index (χ3v) is 3.49. The summed E-state index contributed by atoms with van der Waals surface area (Å²) in [6.07, 6.45) is 1.44. The molecule has 0 aliphatic carbocycles. The Balaban J connectivity index is 2.04. The van der Waals surface area contributed by atoms with Crippen LogP contribution < -0.4 is 11.0 Å². The van der Waals surface area contributed by atoms with E-state index in [1.54, 1.807) is 45.2 Å². The van der Waals surface area contributed by atoms with E-state index in [-0.39, 0.29) is 24.4 Å². The molecule has 2 aromatic rings. The van der Waals surface area contributed by atoms with Crippen molar-refractivity contribution in [3.63, 3.8) is 0 Å². The van der Waals surface area contributed by atoms with Gasteiger partial charge >= 0.3 is 11.7 Å². The molecule has 8 nitrogen and oxygen atoms in total. The van der Waals surface area contributed by atoms with Crippen molar-refractivity contribution in [1.29, 1.82) is 0 Å². The number of carbonyl (C=O) groups excluding carboxylic acids is 1. The number of aryl methyl sites for hydroxylation is 1. The van der Waals surface area contributed by atoms with E-state index in [4.69, 9.17) is 5.11 Å². The fourth-order valence-electron chi connectivity index (χ4n) is 2.35. The van der Waals surface area contributed by atoms with Crippen LogP contribution in [-0.4, -0.2) is 31.3 Å². The number of nitrogens with zero attached hydrogens (tertiary/aromatic N) is 3. The van der Waals surface area contributed by atoms with Crippen LogP contribution in [0.1, 0.15) is 26.7 Å². The molecule has 0 unspecified atom stereocenters. The van der Waals surface area contributed by atoms with Gasteiger partial charge in [0.1, 0.15) is 6.33 Å². The average molecular weight is 332 g/mol. The number of carboxylic acid groups (broad SMARTS) is 1. The van der Waals surface area contributed by atoms with Gasteiger partial charge in [-0.1, -0.05) is 13.8 Å². The fraction of sp³-hybridized carbons (Fsp3) is 0.375. The van der Waals surface area contributed by atoms with Gasteiger partial charge in [0.05, 0.1) is 12.1 Å². The van der Waals surface area contributed by atoms with Gasteiger partial charge in [-0.05, 0) is 29.7 Å². The van der Waals surface area contributed by atoms with Crippen LogP contribution in [0, 0.1) is 5.41 Å². The minimum absolute atomic E-state index is 0.0814. The second kappa shape index (κ2) is 6.69. The molecule has 128 valence electrons. The Morgan fingerprint density at radius 2 is 1.83 bits per heavy atom. The number of aromatic nitrogens is 3. The number of aliphatic carboxylic acids is 1. The van der Waals surface area contributed by atoms with E-state index in [2.05, 4.69) is 10.4 Å². The van der Waals surface area contributed by atoms with E-state index in [0.717, 1.165) is 0 Å². The lowest BCUT2D eigenvalue weighted by Crippen LogP contribution is -2.25. The highest BCUT2D eigenvalue weighted by atomic mass is 16.4. The summed E-state index contributed by atoms with van der Waals surface area (Å²) in [5.74, 6) is -1.19. The van der Waals surface area contributed by atoms with Crippen LogP contribution in [0.2, 0.25) is 0 Å². The summed E-state index contributed by atoms with van der Waals surface area (Å²) in [5.41, 5.74) is 0.266. The molecule has 0 aliphatic heterocycles. The first kappa shape index (κ1) is 17.5. The number of hydrogen-bond donors (Lipinski definition) is 2. The maximum Gasteiger partial charge on any atom is 0.350 e. The van der Waals surface area contributed by atoms with Gasteiger partial charge in [-0.2, -0.15) is 9.78 Å². The first-order chi connectivity index (χ1) is 11.2. The maximum absolute atomic E-state index is 12.0. The predicted octanol–water partition coefficient (Wildman–Crippen LogP) is 1.40. The zero-order valence-corrected chi connectivity index (χ0v) is 13.8. The molecule has 0 spiro atoms. The van der Waals surface area contributed by atoms with Gasteiger partial charge in [0.2, 0.25) is 5.91 Å². The molecule has 24 heavy (non-hydrogen) atoms. The van der Waals surface area contributed by atoms with Crippen molar-refractivity contribution in [1.82, 2.24) is 14.3 Å². The van der Waals surface area contributed by atoms with Crippen molar-refractivity contribution >= 4 is 17.6 Å². The Hall–Kier alpha value is -2.90. The molecule has 0 saturated heterocycles. The van der Waals surface area contributed by atoms with Gasteiger partial charge in [0.15, 0.2) is 0 Å². The number of anilines is 1. The highest BCUT2D eigenvalue weighted by molar-refractivity contribution is 5.91. The van der Waals surface area contributed by atoms with Crippen LogP contribution in [0.5, 0.6) is 0 Å². The van der Waals surface area contributed by atoms with Gasteiger partial charge in [-0.15, -0.1) is 0 Å². The maximum atomic E-state index is 12.0. The number of nitrogens with one attached hydrogen (secondary N) is 1. The minimum Gasteiger partial charge on any atom is -0.481 e. The van der Waals surface area contributed by atoms with Gasteiger partial charge in [0, 0.05) is 19.2 Å². The second-order valence-corrected chi connectivity index (χ2v) is 6.44. The van der Waals surface area contributed by atoms with Crippen LogP contribution in [0.4, 0.5) is 5.69 Å². The standard InChI is InChI=1S/C16H20N4O4/c1-16(2,9-14(22)23)8-13(21)18-11-4-6-12(7-5-11)20-15(24)19(3)10-17-20/h4-7,10H,8-9H2,1-3H3,(H,18,21)(H,22,23). The quantitative estimate of drug-likeness (QED) is 0.831. The molecular weight excluding hydrogens is 312 g/mol. The number of amides is 1. The molecule has 0 radical (unpaired) electrons. The Morgan fingerprint density at radius 1 is 1.21 bits per heavy atom. The Bertz CT molecular complexity index is 802. The molecule has 0 saturated carbocycles. The van der Waals surface area contributed by atoms with Gasteiger partial charge in [-0.25, -0.2) is 4.79 Å². The normalized spacial score (nSPS) is 11.3. The smallest absolute Gasteiger partial charge is 0.350 e. The van der Waals surface area contributed by atoms with E-state index < -0.39 is 11.4 Å². The fourth-order valence-corrected chi connectivity index (χ4v) is 2.35. The van der Waals surface area contributed by atoms with Crippen molar-refractivity contribution in [2.45, 2.75) is 26.7 Å². The number of benzene rings is 1. The van der Waals surface area contributed by atoms with Gasteiger partial charge in [-0.3, -0.25) is 14.2 Å². The molecule has 1 heterocycles. The van der Waals surface area contributed by atoms with Crippen LogP contribution in [0.15, 0.2) is 35.4 Å². The second-order valence-electron chi connectivity index (χ2n) is 6.44. The summed E-state index contributed by atoms with van der Waals surface area (Å²) in [6, 6.07) is 6.68. The first-order valence-corrected chi connectivity index (χ1v) is 7.41. The van der Waals surface area contributed by atoms with E-state index in [9.17, 15) is 14.4 Å². The van der Waals surface area contributed by atoms with Crippen LogP contribution >= 0.6 is 0 Å². The SMILES string of the molecule is Cn1cnn(-c2ccc(NC(=O)CC(C)(C)CC(=O)O)cc2)c1=O. The summed E-state index contributed by atoms with van der Waals surface area (Å²) >= 11 is 0. The lowest BCUT2D eigenvalue weighted by molar-refractivity contribution is -0.139. The number of carbonyl (C=O) groups is 2. The topological polar surface area (TPSA) is 106 Å². The average Bonchev–Trinajstić information content (AvgIpc) is 2.77. The van der Waals surface area contributed by atoms with Crippen LogP contribution in [0.25, 0.3) is 5.69 Å². The summed E-state index contributed by atoms with van der Waals surface area (Å²) < 4.78 is 2.61. The molecule has 1 aromatic heterocycles. The summed E-state index contributed by atoms with van der Waals surface area (Å²) in [4.78, 5) is 34.7. The highest BCUT2D eigenvalue weighted by Crippen LogP contribution is 2.25. The molecule has 8 heteroatoms. The van der Waals surface area contributed by atoms with E-state index in [0.29, 0.717) is 11.4 Å². The van der Waals surface area contributed by atoms with Gasteiger partial charge in [0.25, 0.3) is 0 Å². The molecule has 1 aromatic carbocycles. The van der Waals surface area contributed by atoms with Crippen molar-refractivity contribution in [2.24, 2.45) is 12.5 Å². The monoisotopic (exact) mass is 332 g/mol. The van der Waals surface area contributed by atoms with Crippen molar-refractivity contribution in [3.8, 4) is 5.69 Å². The zero-order valence-electron chi connectivity index (χ0n) is 13.8. The minimum atomic E-state index is -0.932. The van der Waals surface area contributed by atoms with E-state index in [1.807, 2.05) is 0 Å². The third kappa shape index (κ3) is 4.31. The Labute approximate surface area is 138 Å². The van der Waals surface area contributed by atoms with Crippen molar-refractivity contribution in [3.05, 3.63) is 41.1 Å². The largest absolute Gasteiger partial charge is 0.481 e. The summed E-state index contributed by atoms with van der Waals surface area (Å²) in [5, 5.41) is 15.5. The van der Waals surface area contributed by atoms with Crippen LogP contribution in [-0.2, 0) is 16.6 Å². The summed E-state index contributed by atoms with van der Waals surface area (Å²) in [6.45, 7) is 3.47. The summed E-state index contributed by atoms with van der Waals surface area (Å²) in [7, 11) is 1.61. The zero-order chi connectivity index (χ0) is 17.9. The molecule has 0 aliphatic rings. The predicted molar refractivity (Wildman–Crippen MR) is 88.1 cm³/mol. The van der Waals surface area contributed by atoms with Gasteiger partial charge < -0.3 is 10.4 Å². The number of carboxylic acids is 1. The molecular formula is C16H20N4O4. The molecule has 2 N–H and O–H groups in total. The first-order valence-electron chi connectivity index (χ1n) is 7.41. The Morgan fingerprint density at radius 3 is 2.33 bits per heavy atom. The highest BCUT2D eigenvalue weighted by Gasteiger charge is 2.25. The Kier molecular flexibility index (Phi) is 4.87. The third-order valence-electron chi connectivity index (χ3n) is 3.49. The van der Waals surface area contributed by atoms with Crippen molar-refractivity contribution in [2.75, 3.05) is 5.32 Å². The van der Waals surface area contributed by atoms with Crippen molar-refractivity contribution < 1.29 is 14.7 Å². The number of hydrogen-bond acceptors (Lipinski definition) is 4.